The number of nitriles is 1. The van der Waals surface area contributed by atoms with Gasteiger partial charge in [0.2, 0.25) is 0 Å². The van der Waals surface area contributed by atoms with Gasteiger partial charge in [-0.3, -0.25) is 15.1 Å². The normalized spacial score (nSPS) is 10.6. The van der Waals surface area contributed by atoms with Crippen molar-refractivity contribution in [2.45, 2.75) is 23.9 Å². The number of hydrogen-bond donors (Lipinski definition) is 1. The van der Waals surface area contributed by atoms with Crippen LogP contribution < -0.4 is 10.1 Å². The Bertz CT molecular complexity index is 1460. The van der Waals surface area contributed by atoms with E-state index in [0.29, 0.717) is 32.5 Å². The molecule has 0 unspecified atom stereocenters. The number of halogens is 1. The molecule has 2 aromatic heterocycles. The first-order valence-electron chi connectivity index (χ1n) is 10.1. The summed E-state index contributed by atoms with van der Waals surface area (Å²) in [6, 6.07) is 12.1. The SMILES string of the molecule is CCOc1cc2ncc(C#N)c(Nc3ccc(Sc4nccc(C)n4)c(Cl)c3)c2cc1[N+](=O)[O-]. The summed E-state index contributed by atoms with van der Waals surface area (Å²) in [6.45, 7) is 3.89. The molecular weight excluding hydrogens is 476 g/mol. The zero-order chi connectivity index (χ0) is 24.2. The third-order valence-corrected chi connectivity index (χ3v) is 6.12. The van der Waals surface area contributed by atoms with Crippen LogP contribution in [0.3, 0.4) is 0 Å². The van der Waals surface area contributed by atoms with E-state index in [9.17, 15) is 15.4 Å². The highest BCUT2D eigenvalue weighted by atomic mass is 35.5. The highest BCUT2D eigenvalue weighted by Gasteiger charge is 2.20. The summed E-state index contributed by atoms with van der Waals surface area (Å²) in [5.74, 6) is 0.117. The van der Waals surface area contributed by atoms with Crippen LogP contribution in [0.2, 0.25) is 5.02 Å². The van der Waals surface area contributed by atoms with Gasteiger partial charge in [-0.05, 0) is 49.9 Å². The number of nitro benzene ring substituents is 1. The standard InChI is InChI=1S/C23H17ClN6O3S/c1-3-33-20-10-18-16(9-19(20)30(31)32)22(14(11-25)12-27-18)29-15-4-5-21(17(24)8-15)34-23-26-7-6-13(2)28-23/h4-10,12H,3H2,1-2H3,(H,27,29). The largest absolute Gasteiger partial charge is 0.487 e. The summed E-state index contributed by atoms with van der Waals surface area (Å²) >= 11 is 7.83. The molecule has 11 heteroatoms. The van der Waals surface area contributed by atoms with Crippen LogP contribution in [0.5, 0.6) is 5.75 Å². The lowest BCUT2D eigenvalue weighted by Crippen LogP contribution is -2.01. The van der Waals surface area contributed by atoms with Gasteiger partial charge in [0.1, 0.15) is 6.07 Å². The summed E-state index contributed by atoms with van der Waals surface area (Å²) in [7, 11) is 0. The van der Waals surface area contributed by atoms with E-state index in [-0.39, 0.29) is 23.6 Å². The van der Waals surface area contributed by atoms with Crippen LogP contribution in [0, 0.1) is 28.4 Å². The van der Waals surface area contributed by atoms with Crippen molar-refractivity contribution in [2.24, 2.45) is 0 Å². The maximum Gasteiger partial charge on any atom is 0.311 e. The molecule has 0 atom stereocenters. The van der Waals surface area contributed by atoms with Gasteiger partial charge in [-0.15, -0.1) is 0 Å². The molecule has 0 fully saturated rings. The van der Waals surface area contributed by atoms with E-state index >= 15 is 0 Å². The number of anilines is 2. The topological polar surface area (TPSA) is 127 Å². The molecule has 9 nitrogen and oxygen atoms in total. The Kier molecular flexibility index (Phi) is 6.77. The third kappa shape index (κ3) is 4.85. The predicted octanol–water partition coefficient (Wildman–Crippen LogP) is 6.06. The Morgan fingerprint density at radius 2 is 2.09 bits per heavy atom. The lowest BCUT2D eigenvalue weighted by molar-refractivity contribution is -0.385. The van der Waals surface area contributed by atoms with Crippen LogP contribution in [0.1, 0.15) is 18.2 Å². The number of rotatable bonds is 7. The molecule has 1 N–H and O–H groups in total. The van der Waals surface area contributed by atoms with Crippen LogP contribution in [-0.2, 0) is 0 Å². The van der Waals surface area contributed by atoms with E-state index in [0.717, 1.165) is 10.6 Å². The number of benzene rings is 2. The second-order valence-electron chi connectivity index (χ2n) is 7.04. The number of ether oxygens (including phenoxy) is 1. The molecule has 2 heterocycles. The van der Waals surface area contributed by atoms with E-state index in [4.69, 9.17) is 16.3 Å². The molecule has 0 radical (unpaired) electrons. The van der Waals surface area contributed by atoms with Crippen molar-refractivity contribution in [1.29, 1.82) is 5.26 Å². The first kappa shape index (κ1) is 23.2. The average Bonchev–Trinajstić information content (AvgIpc) is 2.81. The molecular formula is C23H17ClN6O3S. The smallest absolute Gasteiger partial charge is 0.311 e. The minimum atomic E-state index is -0.524. The summed E-state index contributed by atoms with van der Waals surface area (Å²) in [6.07, 6.45) is 3.09. The number of pyridine rings is 1. The quantitative estimate of drug-likeness (QED) is 0.186. The summed E-state index contributed by atoms with van der Waals surface area (Å²) in [4.78, 5) is 24.7. The van der Waals surface area contributed by atoms with Crippen molar-refractivity contribution in [3.05, 3.63) is 75.2 Å². The van der Waals surface area contributed by atoms with Gasteiger partial charge in [0.25, 0.3) is 0 Å². The zero-order valence-electron chi connectivity index (χ0n) is 18.1. The molecule has 0 amide bonds. The van der Waals surface area contributed by atoms with Gasteiger partial charge in [0, 0.05) is 46.2 Å². The van der Waals surface area contributed by atoms with Crippen molar-refractivity contribution in [1.82, 2.24) is 15.0 Å². The van der Waals surface area contributed by atoms with Crippen molar-refractivity contribution in [2.75, 3.05) is 11.9 Å². The predicted molar refractivity (Wildman–Crippen MR) is 130 cm³/mol. The molecule has 0 saturated carbocycles. The average molecular weight is 493 g/mol. The number of nitro groups is 1. The van der Waals surface area contributed by atoms with Crippen molar-refractivity contribution in [3.8, 4) is 11.8 Å². The third-order valence-electron chi connectivity index (χ3n) is 4.74. The monoisotopic (exact) mass is 492 g/mol. The van der Waals surface area contributed by atoms with Crippen molar-refractivity contribution >= 4 is 51.3 Å². The van der Waals surface area contributed by atoms with Crippen LogP contribution in [0.25, 0.3) is 10.9 Å². The van der Waals surface area contributed by atoms with Crippen LogP contribution >= 0.6 is 23.4 Å². The Morgan fingerprint density at radius 1 is 1.26 bits per heavy atom. The van der Waals surface area contributed by atoms with Gasteiger partial charge >= 0.3 is 5.69 Å². The Hall–Kier alpha value is -3.94. The lowest BCUT2D eigenvalue weighted by Gasteiger charge is -2.14. The first-order chi connectivity index (χ1) is 16.4. The molecule has 0 aliphatic rings. The van der Waals surface area contributed by atoms with E-state index in [1.165, 1.54) is 30.1 Å². The lowest BCUT2D eigenvalue weighted by atomic mass is 10.1. The van der Waals surface area contributed by atoms with Crippen molar-refractivity contribution < 1.29 is 9.66 Å². The Balaban J connectivity index is 1.73. The number of hydrogen-bond acceptors (Lipinski definition) is 9. The molecule has 34 heavy (non-hydrogen) atoms. The van der Waals surface area contributed by atoms with Crippen LogP contribution in [0.4, 0.5) is 17.1 Å². The summed E-state index contributed by atoms with van der Waals surface area (Å²) in [5, 5.41) is 25.9. The number of fused-ring (bicyclic) bond motifs is 1. The highest BCUT2D eigenvalue weighted by molar-refractivity contribution is 7.99. The van der Waals surface area contributed by atoms with Gasteiger partial charge in [0.15, 0.2) is 10.9 Å². The van der Waals surface area contributed by atoms with E-state index in [1.807, 2.05) is 19.1 Å². The molecule has 0 spiro atoms. The van der Waals surface area contributed by atoms with Gasteiger partial charge in [-0.1, -0.05) is 11.6 Å². The highest BCUT2D eigenvalue weighted by Crippen LogP contribution is 2.38. The second kappa shape index (κ2) is 9.91. The molecule has 0 bridgehead atoms. The van der Waals surface area contributed by atoms with Crippen LogP contribution in [0.15, 0.2) is 58.8 Å². The van der Waals surface area contributed by atoms with E-state index in [1.54, 1.807) is 25.3 Å². The first-order valence-corrected chi connectivity index (χ1v) is 11.3. The Labute approximate surface area is 203 Å². The van der Waals surface area contributed by atoms with Gasteiger partial charge in [-0.25, -0.2) is 9.97 Å². The zero-order valence-corrected chi connectivity index (χ0v) is 19.6. The van der Waals surface area contributed by atoms with Crippen LogP contribution in [-0.4, -0.2) is 26.5 Å². The fourth-order valence-electron chi connectivity index (χ4n) is 3.22. The minimum Gasteiger partial charge on any atom is -0.487 e. The van der Waals surface area contributed by atoms with Gasteiger partial charge < -0.3 is 10.1 Å². The summed E-state index contributed by atoms with van der Waals surface area (Å²) in [5.41, 5.74) is 2.30. The molecule has 0 aliphatic carbocycles. The fourth-order valence-corrected chi connectivity index (χ4v) is 4.31. The molecule has 0 aliphatic heterocycles. The minimum absolute atomic E-state index is 0.117. The molecule has 0 saturated heterocycles. The fraction of sp³-hybridized carbons (Fsp3) is 0.130. The molecule has 2 aromatic carbocycles. The number of nitrogens with one attached hydrogen (secondary N) is 1. The van der Waals surface area contributed by atoms with E-state index in [2.05, 4.69) is 26.3 Å². The van der Waals surface area contributed by atoms with Gasteiger partial charge in [-0.2, -0.15) is 5.26 Å². The maximum atomic E-state index is 11.6. The number of nitrogens with zero attached hydrogens (tertiary/aromatic N) is 5. The summed E-state index contributed by atoms with van der Waals surface area (Å²) < 4.78 is 5.41. The molecule has 170 valence electrons. The molecule has 4 rings (SSSR count). The van der Waals surface area contributed by atoms with E-state index < -0.39 is 4.92 Å². The number of aromatic nitrogens is 3. The second-order valence-corrected chi connectivity index (χ2v) is 8.46. The number of aryl methyl sites for hydroxylation is 1. The Morgan fingerprint density at radius 3 is 2.76 bits per heavy atom. The van der Waals surface area contributed by atoms with Crippen molar-refractivity contribution in [3.63, 3.8) is 0 Å². The van der Waals surface area contributed by atoms with Gasteiger partial charge in [0.05, 0.1) is 33.3 Å². The maximum absolute atomic E-state index is 11.6. The molecule has 4 aromatic rings.